The Bertz CT molecular complexity index is 341. The fraction of sp³-hybridized carbons (Fsp3) is 0.455. The van der Waals surface area contributed by atoms with Crippen LogP contribution >= 0.6 is 0 Å². The van der Waals surface area contributed by atoms with Crippen LogP contribution in [-0.4, -0.2) is 26.3 Å². The van der Waals surface area contributed by atoms with Gasteiger partial charge in [0, 0.05) is 6.07 Å². The number of benzene rings is 1. The molecule has 15 heavy (non-hydrogen) atoms. The molecule has 0 amide bonds. The van der Waals surface area contributed by atoms with Gasteiger partial charge in [0.15, 0.2) is 0 Å². The quantitative estimate of drug-likeness (QED) is 0.784. The predicted octanol–water partition coefficient (Wildman–Crippen LogP) is 1.22. The maximum Gasteiger partial charge on any atom is 0.142 e. The van der Waals surface area contributed by atoms with E-state index >= 15 is 0 Å². The van der Waals surface area contributed by atoms with E-state index in [-0.39, 0.29) is 0 Å². The molecular weight excluding hydrogens is 192 g/mol. The molecule has 1 aliphatic heterocycles. The number of nitrogens with two attached hydrogens (primary N) is 1. The number of nitrogens with one attached hydrogen (secondary N) is 1. The summed E-state index contributed by atoms with van der Waals surface area (Å²) >= 11 is 0. The minimum absolute atomic E-state index is 0.301. The fourth-order valence-corrected chi connectivity index (χ4v) is 1.68. The van der Waals surface area contributed by atoms with Crippen LogP contribution in [0.1, 0.15) is 6.42 Å². The number of methoxy groups -OCH3 is 1. The minimum atomic E-state index is 0.301. The molecule has 1 unspecified atom stereocenters. The Hall–Kier alpha value is -1.42. The summed E-state index contributed by atoms with van der Waals surface area (Å²) in [5, 5.41) is 3.39. The number of hydrogen-bond acceptors (Lipinski definition) is 4. The molecule has 0 bridgehead atoms. The summed E-state index contributed by atoms with van der Waals surface area (Å²) in [6.07, 6.45) is 0.913. The first-order chi connectivity index (χ1) is 7.33. The van der Waals surface area contributed by atoms with E-state index in [0.29, 0.717) is 19.2 Å². The Morgan fingerprint density at radius 2 is 2.47 bits per heavy atom. The molecule has 0 aliphatic carbocycles. The first kappa shape index (κ1) is 10.1. The molecule has 0 saturated carbocycles. The van der Waals surface area contributed by atoms with Crippen molar-refractivity contribution in [2.45, 2.75) is 12.5 Å². The SMILES string of the molecule is COc1ccc2c(c1)NC(CCN)CO2. The number of ether oxygens (including phenoxy) is 2. The van der Waals surface area contributed by atoms with Gasteiger partial charge in [-0.1, -0.05) is 0 Å². The van der Waals surface area contributed by atoms with Crippen molar-refractivity contribution in [2.75, 3.05) is 25.6 Å². The van der Waals surface area contributed by atoms with Crippen LogP contribution in [0, 0.1) is 0 Å². The van der Waals surface area contributed by atoms with E-state index < -0.39 is 0 Å². The third kappa shape index (κ3) is 2.15. The average Bonchev–Trinajstić information content (AvgIpc) is 2.28. The maximum atomic E-state index is 5.61. The van der Waals surface area contributed by atoms with Gasteiger partial charge in [0.05, 0.1) is 18.8 Å². The fourth-order valence-electron chi connectivity index (χ4n) is 1.68. The van der Waals surface area contributed by atoms with Gasteiger partial charge in [-0.2, -0.15) is 0 Å². The molecule has 1 aromatic carbocycles. The highest BCUT2D eigenvalue weighted by molar-refractivity contribution is 5.61. The van der Waals surface area contributed by atoms with E-state index in [9.17, 15) is 0 Å². The van der Waals surface area contributed by atoms with Crippen LogP contribution in [0.25, 0.3) is 0 Å². The molecule has 4 nitrogen and oxygen atoms in total. The first-order valence-electron chi connectivity index (χ1n) is 5.11. The zero-order valence-corrected chi connectivity index (χ0v) is 8.82. The summed E-state index contributed by atoms with van der Waals surface area (Å²) in [6.45, 7) is 1.34. The van der Waals surface area contributed by atoms with Gasteiger partial charge in [-0.25, -0.2) is 0 Å². The van der Waals surface area contributed by atoms with Crippen molar-refractivity contribution < 1.29 is 9.47 Å². The highest BCUT2D eigenvalue weighted by atomic mass is 16.5. The van der Waals surface area contributed by atoms with Crippen molar-refractivity contribution in [1.29, 1.82) is 0 Å². The highest BCUT2D eigenvalue weighted by Crippen LogP contribution is 2.32. The summed E-state index contributed by atoms with van der Waals surface area (Å²) in [6, 6.07) is 6.05. The van der Waals surface area contributed by atoms with Crippen molar-refractivity contribution in [3.8, 4) is 11.5 Å². The van der Waals surface area contributed by atoms with Crippen molar-refractivity contribution in [2.24, 2.45) is 5.73 Å². The monoisotopic (exact) mass is 208 g/mol. The number of hydrogen-bond donors (Lipinski definition) is 2. The van der Waals surface area contributed by atoms with Crippen LogP contribution in [0.5, 0.6) is 11.5 Å². The molecule has 1 atom stereocenters. The van der Waals surface area contributed by atoms with Crippen LogP contribution in [-0.2, 0) is 0 Å². The van der Waals surface area contributed by atoms with Crippen molar-refractivity contribution in [3.05, 3.63) is 18.2 Å². The highest BCUT2D eigenvalue weighted by Gasteiger charge is 2.18. The molecule has 0 radical (unpaired) electrons. The van der Waals surface area contributed by atoms with E-state index in [4.69, 9.17) is 15.2 Å². The lowest BCUT2D eigenvalue weighted by molar-refractivity contribution is 0.279. The van der Waals surface area contributed by atoms with Crippen molar-refractivity contribution >= 4 is 5.69 Å². The van der Waals surface area contributed by atoms with E-state index in [1.54, 1.807) is 7.11 Å². The van der Waals surface area contributed by atoms with Crippen LogP contribution in [0.3, 0.4) is 0 Å². The van der Waals surface area contributed by atoms with Gasteiger partial charge in [0.25, 0.3) is 0 Å². The standard InChI is InChI=1S/C11H16N2O2/c1-14-9-2-3-11-10(6-9)13-8(4-5-12)7-15-11/h2-3,6,8,13H,4-5,7,12H2,1H3. The normalized spacial score (nSPS) is 18.7. The Balaban J connectivity index is 2.16. The van der Waals surface area contributed by atoms with Gasteiger partial charge in [-0.05, 0) is 25.1 Å². The van der Waals surface area contributed by atoms with Crippen LogP contribution < -0.4 is 20.5 Å². The van der Waals surface area contributed by atoms with Gasteiger partial charge in [0.2, 0.25) is 0 Å². The Morgan fingerprint density at radius 3 is 3.20 bits per heavy atom. The molecule has 1 aliphatic rings. The van der Waals surface area contributed by atoms with Crippen LogP contribution in [0.4, 0.5) is 5.69 Å². The predicted molar refractivity (Wildman–Crippen MR) is 59.6 cm³/mol. The number of rotatable bonds is 3. The van der Waals surface area contributed by atoms with Gasteiger partial charge in [0.1, 0.15) is 18.1 Å². The Morgan fingerprint density at radius 1 is 1.60 bits per heavy atom. The molecule has 1 aromatic rings. The second kappa shape index (κ2) is 4.40. The van der Waals surface area contributed by atoms with E-state index in [0.717, 1.165) is 23.6 Å². The first-order valence-corrected chi connectivity index (χ1v) is 5.11. The summed E-state index contributed by atoms with van der Waals surface area (Å²) in [5.41, 5.74) is 6.50. The van der Waals surface area contributed by atoms with Gasteiger partial charge >= 0.3 is 0 Å². The van der Waals surface area contributed by atoms with Crippen molar-refractivity contribution in [1.82, 2.24) is 0 Å². The second-order valence-electron chi connectivity index (χ2n) is 3.59. The van der Waals surface area contributed by atoms with Gasteiger partial charge in [-0.15, -0.1) is 0 Å². The molecule has 3 N–H and O–H groups in total. The van der Waals surface area contributed by atoms with Gasteiger partial charge in [-0.3, -0.25) is 0 Å². The zero-order chi connectivity index (χ0) is 10.7. The van der Waals surface area contributed by atoms with E-state index in [1.165, 1.54) is 0 Å². The number of fused-ring (bicyclic) bond motifs is 1. The van der Waals surface area contributed by atoms with E-state index in [2.05, 4.69) is 5.32 Å². The third-order valence-electron chi connectivity index (χ3n) is 2.50. The second-order valence-corrected chi connectivity index (χ2v) is 3.59. The lowest BCUT2D eigenvalue weighted by atomic mass is 10.1. The molecule has 0 saturated heterocycles. The smallest absolute Gasteiger partial charge is 0.142 e. The van der Waals surface area contributed by atoms with Crippen LogP contribution in [0.15, 0.2) is 18.2 Å². The lowest BCUT2D eigenvalue weighted by Gasteiger charge is -2.27. The summed E-state index contributed by atoms with van der Waals surface area (Å²) in [4.78, 5) is 0. The molecule has 82 valence electrons. The average molecular weight is 208 g/mol. The van der Waals surface area contributed by atoms with E-state index in [1.807, 2.05) is 18.2 Å². The summed E-state index contributed by atoms with van der Waals surface area (Å²) < 4.78 is 10.8. The molecule has 0 spiro atoms. The topological polar surface area (TPSA) is 56.5 Å². The molecule has 2 rings (SSSR count). The Labute approximate surface area is 89.4 Å². The Kier molecular flexibility index (Phi) is 2.97. The molecule has 4 heteroatoms. The maximum absolute atomic E-state index is 5.61. The molecule has 0 fully saturated rings. The van der Waals surface area contributed by atoms with Crippen molar-refractivity contribution in [3.63, 3.8) is 0 Å². The molecule has 0 aromatic heterocycles. The largest absolute Gasteiger partial charge is 0.497 e. The van der Waals surface area contributed by atoms with Crippen LogP contribution in [0.2, 0.25) is 0 Å². The number of anilines is 1. The third-order valence-corrected chi connectivity index (χ3v) is 2.50. The van der Waals surface area contributed by atoms with Gasteiger partial charge < -0.3 is 20.5 Å². The summed E-state index contributed by atoms with van der Waals surface area (Å²) in [5.74, 6) is 1.71. The summed E-state index contributed by atoms with van der Waals surface area (Å²) in [7, 11) is 1.66. The molecule has 1 heterocycles. The zero-order valence-electron chi connectivity index (χ0n) is 8.82. The lowest BCUT2D eigenvalue weighted by Crippen LogP contribution is -2.33. The minimum Gasteiger partial charge on any atom is -0.497 e. The molecular formula is C11H16N2O2.